The monoisotopic (exact) mass is 342 g/mol. The number of nitrogens with zero attached hydrogens (tertiary/aromatic N) is 1. The number of hydrogen-bond donors (Lipinski definition) is 2. The largest absolute Gasteiger partial charge is 0.370 e. The molecule has 7 heteroatoms. The van der Waals surface area contributed by atoms with Crippen LogP contribution < -0.4 is 10.2 Å². The Hall–Kier alpha value is -2.77. The summed E-state index contributed by atoms with van der Waals surface area (Å²) in [5, 5.41) is 13.4. The number of rotatable bonds is 5. The van der Waals surface area contributed by atoms with Gasteiger partial charge in [-0.3, -0.25) is 14.9 Å². The zero-order valence-corrected chi connectivity index (χ0v) is 13.7. The zero-order chi connectivity index (χ0) is 17.6. The maximum atomic E-state index is 12.2. The molecule has 1 aliphatic rings. The quantitative estimate of drug-likeness (QED) is 0.633. The van der Waals surface area contributed by atoms with Crippen LogP contribution in [0, 0.1) is 10.1 Å². The van der Waals surface area contributed by atoms with Gasteiger partial charge in [-0.2, -0.15) is 0 Å². The number of non-ortho nitro benzene ring substituents is 1. The maximum absolute atomic E-state index is 12.2. The van der Waals surface area contributed by atoms with Gasteiger partial charge in [-0.25, -0.2) is 0 Å². The highest BCUT2D eigenvalue weighted by atomic mass is 16.6. The van der Waals surface area contributed by atoms with Crippen LogP contribution in [0.2, 0.25) is 0 Å². The Balaban J connectivity index is 1.58. The third-order valence-corrected chi connectivity index (χ3v) is 4.21. The number of anilines is 1. The second-order valence-corrected chi connectivity index (χ2v) is 5.99. The Morgan fingerprint density at radius 2 is 1.72 bits per heavy atom. The summed E-state index contributed by atoms with van der Waals surface area (Å²) in [5.74, 6) is -0.290. The standard InChI is InChI=1S/C18H19N3O4/c22-18(15-3-7-17(8-4-15)21(23)24)19-16-5-1-14(2-6-16)13-20-9-11-25-12-10-20/h1-8H,9-13H2,(H,19,22)/p+1. The molecule has 0 aromatic heterocycles. The van der Waals surface area contributed by atoms with Crippen molar-refractivity contribution >= 4 is 17.3 Å². The van der Waals surface area contributed by atoms with E-state index in [1.54, 1.807) is 0 Å². The number of hydrogen-bond acceptors (Lipinski definition) is 4. The average molecular weight is 342 g/mol. The molecule has 0 aliphatic carbocycles. The number of nitrogens with one attached hydrogen (secondary N) is 2. The molecule has 2 aromatic carbocycles. The van der Waals surface area contributed by atoms with E-state index in [1.165, 1.54) is 34.7 Å². The van der Waals surface area contributed by atoms with Gasteiger partial charge in [-0.15, -0.1) is 0 Å². The topological polar surface area (TPSA) is 85.9 Å². The fourth-order valence-electron chi connectivity index (χ4n) is 2.77. The van der Waals surface area contributed by atoms with Gasteiger partial charge in [0.1, 0.15) is 19.6 Å². The molecule has 0 radical (unpaired) electrons. The minimum atomic E-state index is -0.489. The number of benzene rings is 2. The van der Waals surface area contributed by atoms with Gasteiger partial charge in [0.25, 0.3) is 11.6 Å². The third kappa shape index (κ3) is 4.62. The zero-order valence-electron chi connectivity index (χ0n) is 13.7. The van der Waals surface area contributed by atoms with Crippen LogP contribution in [-0.4, -0.2) is 37.1 Å². The number of nitro groups is 1. The lowest BCUT2D eigenvalue weighted by Gasteiger charge is -2.23. The van der Waals surface area contributed by atoms with Crippen LogP contribution in [0.4, 0.5) is 11.4 Å². The van der Waals surface area contributed by atoms with Gasteiger partial charge in [0.15, 0.2) is 0 Å². The van der Waals surface area contributed by atoms with Gasteiger partial charge in [-0.1, -0.05) is 12.1 Å². The van der Waals surface area contributed by atoms with E-state index in [0.29, 0.717) is 11.3 Å². The van der Waals surface area contributed by atoms with Crippen molar-refractivity contribution < 1.29 is 19.4 Å². The molecule has 0 saturated carbocycles. The van der Waals surface area contributed by atoms with Crippen LogP contribution in [0.15, 0.2) is 48.5 Å². The third-order valence-electron chi connectivity index (χ3n) is 4.21. The van der Waals surface area contributed by atoms with Gasteiger partial charge in [-0.05, 0) is 24.3 Å². The minimum Gasteiger partial charge on any atom is -0.370 e. The Morgan fingerprint density at radius 1 is 1.08 bits per heavy atom. The molecule has 0 unspecified atom stereocenters. The molecule has 0 bridgehead atoms. The molecule has 130 valence electrons. The molecule has 3 rings (SSSR count). The van der Waals surface area contributed by atoms with E-state index in [0.717, 1.165) is 32.8 Å². The number of ether oxygens (including phenoxy) is 1. The van der Waals surface area contributed by atoms with E-state index >= 15 is 0 Å². The van der Waals surface area contributed by atoms with E-state index < -0.39 is 4.92 Å². The maximum Gasteiger partial charge on any atom is 0.269 e. The predicted molar refractivity (Wildman–Crippen MR) is 92.7 cm³/mol. The Labute approximate surface area is 145 Å². The number of carbonyl (C=O) groups excluding carboxylic acids is 1. The summed E-state index contributed by atoms with van der Waals surface area (Å²) >= 11 is 0. The number of carbonyl (C=O) groups is 1. The number of morpholine rings is 1. The van der Waals surface area contributed by atoms with Crippen LogP contribution in [0.25, 0.3) is 0 Å². The second kappa shape index (κ2) is 7.87. The van der Waals surface area contributed by atoms with Crippen molar-refractivity contribution in [1.82, 2.24) is 0 Å². The summed E-state index contributed by atoms with van der Waals surface area (Å²) in [5.41, 5.74) is 2.26. The van der Waals surface area contributed by atoms with Crippen molar-refractivity contribution in [2.24, 2.45) is 0 Å². The van der Waals surface area contributed by atoms with Crippen LogP contribution in [0.5, 0.6) is 0 Å². The highest BCUT2D eigenvalue weighted by molar-refractivity contribution is 6.04. The first-order chi connectivity index (χ1) is 12.1. The van der Waals surface area contributed by atoms with Crippen molar-refractivity contribution in [2.45, 2.75) is 6.54 Å². The molecule has 0 spiro atoms. The summed E-state index contributed by atoms with van der Waals surface area (Å²) in [7, 11) is 0. The molecule has 0 atom stereocenters. The number of nitro benzene ring substituents is 1. The lowest BCUT2D eigenvalue weighted by Crippen LogP contribution is -3.12. The average Bonchev–Trinajstić information content (AvgIpc) is 2.64. The van der Waals surface area contributed by atoms with Gasteiger partial charge >= 0.3 is 0 Å². The molecule has 7 nitrogen and oxygen atoms in total. The molecule has 1 fully saturated rings. The molecule has 25 heavy (non-hydrogen) atoms. The summed E-state index contributed by atoms with van der Waals surface area (Å²) in [6, 6.07) is 13.3. The Kier molecular flexibility index (Phi) is 5.37. The SMILES string of the molecule is O=C(Nc1ccc(C[NH+]2CCOCC2)cc1)c1ccc([N+](=O)[O-])cc1. The first-order valence-electron chi connectivity index (χ1n) is 8.18. The smallest absolute Gasteiger partial charge is 0.269 e. The van der Waals surface area contributed by atoms with Gasteiger partial charge in [0.2, 0.25) is 0 Å². The molecule has 2 aromatic rings. The predicted octanol–water partition coefficient (Wildman–Crippen LogP) is 1.26. The van der Waals surface area contributed by atoms with Crippen LogP contribution >= 0.6 is 0 Å². The molecule has 1 heterocycles. The normalized spacial score (nSPS) is 14.9. The molecular formula is C18H20N3O4+. The lowest BCUT2D eigenvalue weighted by molar-refractivity contribution is -0.921. The van der Waals surface area contributed by atoms with E-state index in [4.69, 9.17) is 4.74 Å². The van der Waals surface area contributed by atoms with E-state index in [-0.39, 0.29) is 11.6 Å². The van der Waals surface area contributed by atoms with Crippen molar-refractivity contribution in [2.75, 3.05) is 31.6 Å². The van der Waals surface area contributed by atoms with Gasteiger partial charge < -0.3 is 15.0 Å². The molecule has 1 aliphatic heterocycles. The second-order valence-electron chi connectivity index (χ2n) is 5.99. The van der Waals surface area contributed by atoms with Crippen LogP contribution in [-0.2, 0) is 11.3 Å². The lowest BCUT2D eigenvalue weighted by atomic mass is 10.1. The van der Waals surface area contributed by atoms with Crippen LogP contribution in [0.3, 0.4) is 0 Å². The van der Waals surface area contributed by atoms with Crippen molar-refractivity contribution in [3.8, 4) is 0 Å². The van der Waals surface area contributed by atoms with Crippen molar-refractivity contribution in [3.63, 3.8) is 0 Å². The number of amides is 1. The molecule has 1 amide bonds. The number of quaternary nitrogens is 1. The Morgan fingerprint density at radius 3 is 2.32 bits per heavy atom. The summed E-state index contributed by atoms with van der Waals surface area (Å²) in [6.07, 6.45) is 0. The first kappa shape index (κ1) is 17.1. The van der Waals surface area contributed by atoms with E-state index in [9.17, 15) is 14.9 Å². The molecule has 2 N–H and O–H groups in total. The summed E-state index contributed by atoms with van der Waals surface area (Å²) in [4.78, 5) is 23.8. The highest BCUT2D eigenvalue weighted by Crippen LogP contribution is 2.14. The van der Waals surface area contributed by atoms with Gasteiger partial charge in [0.05, 0.1) is 18.1 Å². The molecular weight excluding hydrogens is 322 g/mol. The summed E-state index contributed by atoms with van der Waals surface area (Å²) < 4.78 is 5.36. The summed E-state index contributed by atoms with van der Waals surface area (Å²) in [6.45, 7) is 4.58. The Bertz CT molecular complexity index is 738. The minimum absolute atomic E-state index is 0.0356. The van der Waals surface area contributed by atoms with Crippen molar-refractivity contribution in [1.29, 1.82) is 0 Å². The fourth-order valence-corrected chi connectivity index (χ4v) is 2.77. The van der Waals surface area contributed by atoms with Crippen LogP contribution in [0.1, 0.15) is 15.9 Å². The highest BCUT2D eigenvalue weighted by Gasteiger charge is 2.14. The van der Waals surface area contributed by atoms with Gasteiger partial charge in [0, 0.05) is 28.9 Å². The first-order valence-corrected chi connectivity index (χ1v) is 8.18. The van der Waals surface area contributed by atoms with Crippen molar-refractivity contribution in [3.05, 3.63) is 69.8 Å². The fraction of sp³-hybridized carbons (Fsp3) is 0.278. The molecule has 1 saturated heterocycles. The van der Waals surface area contributed by atoms with E-state index in [1.807, 2.05) is 24.3 Å². The van der Waals surface area contributed by atoms with E-state index in [2.05, 4.69) is 5.32 Å².